The molecule has 2 rings (SSSR count). The number of aryl methyl sites for hydroxylation is 1. The molecule has 1 aromatic rings. The van der Waals surface area contributed by atoms with Crippen LogP contribution in [0.1, 0.15) is 24.5 Å². The Morgan fingerprint density at radius 1 is 1.42 bits per heavy atom. The Labute approximate surface area is 130 Å². The van der Waals surface area contributed by atoms with Crippen LogP contribution in [0.3, 0.4) is 0 Å². The highest BCUT2D eigenvalue weighted by Gasteiger charge is 2.15. The molecule has 0 bridgehead atoms. The number of nitrogens with one attached hydrogen (secondary N) is 2. The van der Waals surface area contributed by atoms with Crippen molar-refractivity contribution in [2.24, 2.45) is 4.99 Å². The minimum Gasteiger partial charge on any atom is -0.349 e. The molecule has 0 aromatic carbocycles. The van der Waals surface area contributed by atoms with Crippen molar-refractivity contribution in [3.05, 3.63) is 11.6 Å². The molecule has 2 N–H and O–H groups in total. The first-order chi connectivity index (χ1) is 8.85. The highest BCUT2D eigenvalue weighted by molar-refractivity contribution is 14.0. The molecule has 1 aliphatic rings. The third-order valence-corrected chi connectivity index (χ3v) is 2.93. The normalized spacial score (nSPS) is 14.0. The summed E-state index contributed by atoms with van der Waals surface area (Å²) in [5.74, 6) is 5.23. The van der Waals surface area contributed by atoms with E-state index in [1.54, 1.807) is 7.05 Å². The number of aromatic nitrogens is 3. The minimum absolute atomic E-state index is 0. The second-order valence-corrected chi connectivity index (χ2v) is 4.12. The molecule has 1 aromatic heterocycles. The molecule has 19 heavy (non-hydrogen) atoms. The molecule has 0 saturated carbocycles. The third-order valence-electron chi connectivity index (χ3n) is 2.93. The fourth-order valence-electron chi connectivity index (χ4n) is 2.02. The summed E-state index contributed by atoms with van der Waals surface area (Å²) < 4.78 is 2.19. The Kier molecular flexibility index (Phi) is 6.62. The van der Waals surface area contributed by atoms with Crippen molar-refractivity contribution in [1.29, 1.82) is 0 Å². The maximum absolute atomic E-state index is 5.19. The maximum atomic E-state index is 5.19. The van der Waals surface area contributed by atoms with Gasteiger partial charge < -0.3 is 15.2 Å². The van der Waals surface area contributed by atoms with Crippen molar-refractivity contribution >= 4 is 29.9 Å². The van der Waals surface area contributed by atoms with Gasteiger partial charge in [0.05, 0.1) is 13.1 Å². The predicted octanol–water partition coefficient (Wildman–Crippen LogP) is 0.531. The summed E-state index contributed by atoms with van der Waals surface area (Å²) in [5, 5.41) is 14.6. The molecule has 0 unspecified atom stereocenters. The van der Waals surface area contributed by atoms with E-state index in [9.17, 15) is 0 Å². The molecule has 7 heteroatoms. The van der Waals surface area contributed by atoms with Crippen LogP contribution in [0.25, 0.3) is 0 Å². The molecular formula is C12H19IN6. The lowest BCUT2D eigenvalue weighted by Gasteiger charge is -2.15. The highest BCUT2D eigenvalue weighted by Crippen LogP contribution is 2.13. The van der Waals surface area contributed by atoms with Gasteiger partial charge in [-0.15, -0.1) is 40.6 Å². The number of hydrogen-bond acceptors (Lipinski definition) is 3. The molecule has 0 atom stereocenters. The number of guanidine groups is 1. The van der Waals surface area contributed by atoms with Crippen LogP contribution in [-0.4, -0.2) is 34.3 Å². The Balaban J connectivity index is 0.00000180. The number of rotatable bonds is 3. The van der Waals surface area contributed by atoms with E-state index in [0.29, 0.717) is 19.0 Å². The zero-order chi connectivity index (χ0) is 12.8. The topological polar surface area (TPSA) is 67.1 Å². The Morgan fingerprint density at radius 3 is 3.00 bits per heavy atom. The van der Waals surface area contributed by atoms with E-state index in [0.717, 1.165) is 24.6 Å². The Bertz CT molecular complexity index is 473. The predicted molar refractivity (Wildman–Crippen MR) is 85.4 cm³/mol. The molecule has 1 aliphatic heterocycles. The van der Waals surface area contributed by atoms with Gasteiger partial charge in [0.25, 0.3) is 0 Å². The number of aliphatic imine (C=N–C) groups is 1. The molecule has 0 saturated heterocycles. The van der Waals surface area contributed by atoms with Crippen LogP contribution in [-0.2, 0) is 19.5 Å². The van der Waals surface area contributed by atoms with E-state index in [-0.39, 0.29) is 24.0 Å². The van der Waals surface area contributed by atoms with Gasteiger partial charge >= 0.3 is 0 Å². The highest BCUT2D eigenvalue weighted by atomic mass is 127. The summed E-state index contributed by atoms with van der Waals surface area (Å²) in [7, 11) is 1.71. The third kappa shape index (κ3) is 4.09. The average molecular weight is 374 g/mol. The van der Waals surface area contributed by atoms with Gasteiger partial charge in [-0.1, -0.05) is 5.92 Å². The van der Waals surface area contributed by atoms with Crippen LogP contribution in [0.4, 0.5) is 0 Å². The lowest BCUT2D eigenvalue weighted by atomic mass is 10.2. The smallest absolute Gasteiger partial charge is 0.192 e. The van der Waals surface area contributed by atoms with Crippen LogP contribution in [0, 0.1) is 12.3 Å². The van der Waals surface area contributed by atoms with E-state index in [4.69, 9.17) is 6.42 Å². The largest absolute Gasteiger partial charge is 0.349 e. The molecule has 0 radical (unpaired) electrons. The second-order valence-electron chi connectivity index (χ2n) is 4.12. The second kappa shape index (κ2) is 7.99. The zero-order valence-electron chi connectivity index (χ0n) is 11.0. The van der Waals surface area contributed by atoms with Crippen LogP contribution < -0.4 is 10.6 Å². The minimum atomic E-state index is 0. The number of nitrogens with zero attached hydrogens (tertiary/aromatic N) is 4. The Hall–Kier alpha value is -1.30. The molecular weight excluding hydrogens is 355 g/mol. The van der Waals surface area contributed by atoms with Crippen LogP contribution >= 0.6 is 24.0 Å². The zero-order valence-corrected chi connectivity index (χ0v) is 13.3. The summed E-state index contributed by atoms with van der Waals surface area (Å²) in [4.78, 5) is 4.08. The van der Waals surface area contributed by atoms with E-state index >= 15 is 0 Å². The first-order valence-corrected chi connectivity index (χ1v) is 6.14. The summed E-state index contributed by atoms with van der Waals surface area (Å²) in [6.45, 7) is 2.07. The monoisotopic (exact) mass is 374 g/mol. The van der Waals surface area contributed by atoms with Crippen LogP contribution in [0.2, 0.25) is 0 Å². The maximum Gasteiger partial charge on any atom is 0.192 e. The van der Waals surface area contributed by atoms with Gasteiger partial charge in [0.1, 0.15) is 5.82 Å². The first kappa shape index (κ1) is 15.8. The van der Waals surface area contributed by atoms with Crippen molar-refractivity contribution in [2.45, 2.75) is 32.4 Å². The van der Waals surface area contributed by atoms with Crippen molar-refractivity contribution in [3.63, 3.8) is 0 Å². The summed E-state index contributed by atoms with van der Waals surface area (Å²) >= 11 is 0. The van der Waals surface area contributed by atoms with E-state index in [2.05, 4.69) is 36.3 Å². The molecule has 0 spiro atoms. The summed E-state index contributed by atoms with van der Waals surface area (Å²) in [6, 6.07) is 0. The van der Waals surface area contributed by atoms with Gasteiger partial charge in [0.15, 0.2) is 11.8 Å². The van der Waals surface area contributed by atoms with Gasteiger partial charge in [-0.3, -0.25) is 4.99 Å². The fourth-order valence-corrected chi connectivity index (χ4v) is 2.02. The quantitative estimate of drug-likeness (QED) is 0.351. The fraction of sp³-hybridized carbons (Fsp3) is 0.583. The molecule has 0 amide bonds. The lowest BCUT2D eigenvalue weighted by Crippen LogP contribution is -2.37. The van der Waals surface area contributed by atoms with Gasteiger partial charge in [0, 0.05) is 20.0 Å². The molecule has 2 heterocycles. The lowest BCUT2D eigenvalue weighted by molar-refractivity contribution is 0.504. The number of terminal acetylenes is 1. The SMILES string of the molecule is C#CCNC(=NC)NCc1nnc2n1CCCC2.I. The average Bonchev–Trinajstić information content (AvgIpc) is 2.82. The van der Waals surface area contributed by atoms with Crippen molar-refractivity contribution in [3.8, 4) is 12.3 Å². The van der Waals surface area contributed by atoms with E-state index < -0.39 is 0 Å². The van der Waals surface area contributed by atoms with Gasteiger partial charge in [-0.05, 0) is 12.8 Å². The molecule has 0 fully saturated rings. The standard InChI is InChI=1S/C12H18N6.HI/c1-3-7-14-12(13-2)15-9-11-17-16-10-6-4-5-8-18(10)11;/h1H,4-9H2,2H3,(H2,13,14,15);1H. The van der Waals surface area contributed by atoms with Crippen LogP contribution in [0.15, 0.2) is 4.99 Å². The van der Waals surface area contributed by atoms with Gasteiger partial charge in [-0.25, -0.2) is 0 Å². The Morgan fingerprint density at radius 2 is 2.26 bits per heavy atom. The van der Waals surface area contributed by atoms with Gasteiger partial charge in [0.2, 0.25) is 0 Å². The van der Waals surface area contributed by atoms with Crippen LogP contribution in [0.5, 0.6) is 0 Å². The summed E-state index contributed by atoms with van der Waals surface area (Å²) in [6.07, 6.45) is 8.62. The van der Waals surface area contributed by atoms with E-state index in [1.807, 2.05) is 0 Å². The molecule has 6 nitrogen and oxygen atoms in total. The van der Waals surface area contributed by atoms with Gasteiger partial charge in [-0.2, -0.15) is 0 Å². The van der Waals surface area contributed by atoms with E-state index in [1.165, 1.54) is 12.8 Å². The number of hydrogen-bond donors (Lipinski definition) is 2. The molecule has 104 valence electrons. The number of fused-ring (bicyclic) bond motifs is 1. The first-order valence-electron chi connectivity index (χ1n) is 6.14. The molecule has 0 aliphatic carbocycles. The van der Waals surface area contributed by atoms with Crippen molar-refractivity contribution in [2.75, 3.05) is 13.6 Å². The van der Waals surface area contributed by atoms with Crippen molar-refractivity contribution in [1.82, 2.24) is 25.4 Å². The summed E-state index contributed by atoms with van der Waals surface area (Å²) in [5.41, 5.74) is 0. The number of halogens is 1. The van der Waals surface area contributed by atoms with Crippen molar-refractivity contribution < 1.29 is 0 Å².